The van der Waals surface area contributed by atoms with Gasteiger partial charge in [-0.15, -0.1) is 0 Å². The average molecular weight is 348 g/mol. The molecule has 1 aliphatic heterocycles. The Morgan fingerprint density at radius 2 is 1.76 bits per heavy atom. The van der Waals surface area contributed by atoms with Gasteiger partial charge in [-0.3, -0.25) is 19.3 Å². The van der Waals surface area contributed by atoms with Crippen LogP contribution >= 0.6 is 0 Å². The summed E-state index contributed by atoms with van der Waals surface area (Å²) in [4.78, 5) is 33.2. The Hall–Kier alpha value is -1.89. The Balaban J connectivity index is 1.72. The highest BCUT2D eigenvalue weighted by Crippen LogP contribution is 2.29. The lowest BCUT2D eigenvalue weighted by atomic mass is 9.95. The SMILES string of the molecule is O=c1[nH]c(=O)n(C2CCCCC2)c(O)c1C=NCCN1CCCCC1. The number of H-pyrrole nitrogens is 1. The largest absolute Gasteiger partial charge is 0.494 e. The number of aromatic hydroxyl groups is 1. The van der Waals surface area contributed by atoms with E-state index in [1.807, 2.05) is 0 Å². The summed E-state index contributed by atoms with van der Waals surface area (Å²) in [7, 11) is 0. The summed E-state index contributed by atoms with van der Waals surface area (Å²) < 4.78 is 1.34. The second kappa shape index (κ2) is 8.47. The molecule has 1 aliphatic carbocycles. The van der Waals surface area contributed by atoms with E-state index in [9.17, 15) is 14.7 Å². The van der Waals surface area contributed by atoms with Gasteiger partial charge in [-0.05, 0) is 38.8 Å². The van der Waals surface area contributed by atoms with Crippen molar-refractivity contribution in [3.8, 4) is 5.88 Å². The standard InChI is InChI=1S/C18H28N4O3/c23-16-15(13-19-9-12-21-10-5-2-6-11-21)17(24)22(18(25)20-16)14-7-3-1-4-8-14/h13-14,24H,1-12H2,(H,20,23,25). The Morgan fingerprint density at radius 1 is 1.08 bits per heavy atom. The fraction of sp³-hybridized carbons (Fsp3) is 0.722. The maximum atomic E-state index is 12.1. The molecule has 2 fully saturated rings. The first-order valence-electron chi connectivity index (χ1n) is 9.47. The van der Waals surface area contributed by atoms with Gasteiger partial charge < -0.3 is 10.0 Å². The summed E-state index contributed by atoms with van der Waals surface area (Å²) in [6, 6.07) is -0.0430. The van der Waals surface area contributed by atoms with Crippen LogP contribution in [0.3, 0.4) is 0 Å². The number of piperidine rings is 1. The van der Waals surface area contributed by atoms with Crippen LogP contribution in [0.5, 0.6) is 5.88 Å². The van der Waals surface area contributed by atoms with Crippen molar-refractivity contribution < 1.29 is 5.11 Å². The Kier molecular flexibility index (Phi) is 6.07. The van der Waals surface area contributed by atoms with E-state index in [-0.39, 0.29) is 17.5 Å². The molecule has 2 aliphatic rings. The van der Waals surface area contributed by atoms with Crippen molar-refractivity contribution in [1.29, 1.82) is 0 Å². The van der Waals surface area contributed by atoms with Crippen LogP contribution < -0.4 is 11.2 Å². The van der Waals surface area contributed by atoms with Gasteiger partial charge in [0, 0.05) is 18.8 Å². The number of rotatable bonds is 5. The van der Waals surface area contributed by atoms with E-state index in [1.165, 1.54) is 30.0 Å². The third-order valence-corrected chi connectivity index (χ3v) is 5.31. The first kappa shape index (κ1) is 17.9. The van der Waals surface area contributed by atoms with E-state index in [0.717, 1.165) is 51.7 Å². The van der Waals surface area contributed by atoms with Crippen LogP contribution in [-0.4, -0.2) is 52.0 Å². The first-order chi connectivity index (χ1) is 12.2. The molecule has 0 radical (unpaired) electrons. The lowest BCUT2D eigenvalue weighted by molar-refractivity contribution is 0.235. The molecule has 3 rings (SSSR count). The number of aromatic nitrogens is 2. The molecule has 2 heterocycles. The lowest BCUT2D eigenvalue weighted by Crippen LogP contribution is -2.35. The molecule has 0 spiro atoms. The summed E-state index contributed by atoms with van der Waals surface area (Å²) in [6.07, 6.45) is 10.1. The smallest absolute Gasteiger partial charge is 0.331 e. The van der Waals surface area contributed by atoms with Crippen molar-refractivity contribution in [3.05, 3.63) is 26.4 Å². The van der Waals surface area contributed by atoms with Gasteiger partial charge >= 0.3 is 5.69 Å². The minimum Gasteiger partial charge on any atom is -0.494 e. The molecular weight excluding hydrogens is 320 g/mol. The van der Waals surface area contributed by atoms with Gasteiger partial charge in [0.1, 0.15) is 5.56 Å². The van der Waals surface area contributed by atoms with Gasteiger partial charge in [0.05, 0.1) is 6.54 Å². The minimum atomic E-state index is -0.573. The van der Waals surface area contributed by atoms with E-state index in [2.05, 4.69) is 14.9 Å². The van der Waals surface area contributed by atoms with E-state index in [0.29, 0.717) is 6.54 Å². The normalized spacial score (nSPS) is 20.3. The van der Waals surface area contributed by atoms with Crippen LogP contribution in [0.1, 0.15) is 63.0 Å². The number of aliphatic imine (C=N–C) groups is 1. The van der Waals surface area contributed by atoms with Crippen LogP contribution in [0.15, 0.2) is 14.6 Å². The zero-order valence-corrected chi connectivity index (χ0v) is 14.7. The second-order valence-corrected chi connectivity index (χ2v) is 7.10. The number of likely N-dealkylation sites (tertiary alicyclic amines) is 1. The molecule has 1 saturated carbocycles. The summed E-state index contributed by atoms with van der Waals surface area (Å²) in [5.74, 6) is -0.248. The van der Waals surface area contributed by atoms with E-state index >= 15 is 0 Å². The summed E-state index contributed by atoms with van der Waals surface area (Å²) in [5, 5.41) is 10.5. The average Bonchev–Trinajstić information content (AvgIpc) is 2.62. The highest BCUT2D eigenvalue weighted by molar-refractivity contribution is 5.81. The Morgan fingerprint density at radius 3 is 2.48 bits per heavy atom. The Labute approximate surface area is 147 Å². The topological polar surface area (TPSA) is 90.7 Å². The predicted molar refractivity (Wildman–Crippen MR) is 97.9 cm³/mol. The van der Waals surface area contributed by atoms with Crippen molar-refractivity contribution in [2.75, 3.05) is 26.2 Å². The van der Waals surface area contributed by atoms with Crippen LogP contribution in [0.4, 0.5) is 0 Å². The summed E-state index contributed by atoms with van der Waals surface area (Å²) >= 11 is 0. The molecule has 0 bridgehead atoms. The molecular formula is C18H28N4O3. The van der Waals surface area contributed by atoms with E-state index < -0.39 is 11.2 Å². The molecule has 7 nitrogen and oxygen atoms in total. The second-order valence-electron chi connectivity index (χ2n) is 7.10. The molecule has 1 aromatic heterocycles. The van der Waals surface area contributed by atoms with Crippen molar-refractivity contribution in [3.63, 3.8) is 0 Å². The van der Waals surface area contributed by atoms with Gasteiger partial charge in [0.15, 0.2) is 0 Å². The monoisotopic (exact) mass is 348 g/mol. The number of nitrogens with one attached hydrogen (secondary N) is 1. The predicted octanol–water partition coefficient (Wildman–Crippen LogP) is 1.65. The number of nitrogens with zero attached hydrogens (tertiary/aromatic N) is 3. The molecule has 1 saturated heterocycles. The molecule has 2 N–H and O–H groups in total. The maximum Gasteiger partial charge on any atom is 0.331 e. The van der Waals surface area contributed by atoms with E-state index in [4.69, 9.17) is 0 Å². The quantitative estimate of drug-likeness (QED) is 0.792. The van der Waals surface area contributed by atoms with Gasteiger partial charge in [-0.25, -0.2) is 4.79 Å². The van der Waals surface area contributed by atoms with Crippen molar-refractivity contribution >= 4 is 6.21 Å². The van der Waals surface area contributed by atoms with Gasteiger partial charge in [-0.1, -0.05) is 25.7 Å². The van der Waals surface area contributed by atoms with Crippen molar-refractivity contribution in [1.82, 2.24) is 14.5 Å². The molecule has 138 valence electrons. The van der Waals surface area contributed by atoms with Gasteiger partial charge in [0.2, 0.25) is 5.88 Å². The van der Waals surface area contributed by atoms with Gasteiger partial charge in [0.25, 0.3) is 5.56 Å². The lowest BCUT2D eigenvalue weighted by Gasteiger charge is -2.25. The molecule has 25 heavy (non-hydrogen) atoms. The van der Waals surface area contributed by atoms with Crippen molar-refractivity contribution in [2.45, 2.75) is 57.4 Å². The van der Waals surface area contributed by atoms with Gasteiger partial charge in [-0.2, -0.15) is 0 Å². The molecule has 0 unspecified atom stereocenters. The molecule has 7 heteroatoms. The molecule has 1 aromatic rings. The van der Waals surface area contributed by atoms with Crippen LogP contribution in [0.2, 0.25) is 0 Å². The number of hydrogen-bond donors (Lipinski definition) is 2. The van der Waals surface area contributed by atoms with E-state index in [1.54, 1.807) is 0 Å². The molecule has 0 aromatic carbocycles. The molecule has 0 amide bonds. The highest BCUT2D eigenvalue weighted by Gasteiger charge is 2.22. The highest BCUT2D eigenvalue weighted by atomic mass is 16.3. The number of aromatic amines is 1. The van der Waals surface area contributed by atoms with Crippen LogP contribution in [-0.2, 0) is 0 Å². The fourth-order valence-electron chi connectivity index (χ4n) is 3.88. The third kappa shape index (κ3) is 4.39. The zero-order chi connectivity index (χ0) is 17.6. The number of hydrogen-bond acceptors (Lipinski definition) is 5. The molecule has 0 atom stereocenters. The summed E-state index contributed by atoms with van der Waals surface area (Å²) in [6.45, 7) is 3.65. The van der Waals surface area contributed by atoms with Crippen LogP contribution in [0.25, 0.3) is 0 Å². The van der Waals surface area contributed by atoms with Crippen molar-refractivity contribution in [2.24, 2.45) is 4.99 Å². The zero-order valence-electron chi connectivity index (χ0n) is 14.7. The van der Waals surface area contributed by atoms with Crippen LogP contribution in [0, 0.1) is 0 Å². The fourth-order valence-corrected chi connectivity index (χ4v) is 3.88. The first-order valence-corrected chi connectivity index (χ1v) is 9.47. The third-order valence-electron chi connectivity index (χ3n) is 5.31. The summed E-state index contributed by atoms with van der Waals surface area (Å²) in [5.41, 5.74) is -1.01. The minimum absolute atomic E-state index is 0.0430. The maximum absolute atomic E-state index is 12.1. The Bertz CT molecular complexity index is 710.